The Morgan fingerprint density at radius 2 is 1.90 bits per heavy atom. The van der Waals surface area contributed by atoms with Crippen molar-refractivity contribution in [2.45, 2.75) is 45.3 Å². The number of nitrogens with zero attached hydrogens (tertiary/aromatic N) is 2. The van der Waals surface area contributed by atoms with Gasteiger partial charge in [-0.2, -0.15) is 0 Å². The first-order chi connectivity index (χ1) is 10.2. The molecule has 0 amide bonds. The highest BCUT2D eigenvalue weighted by Gasteiger charge is 2.23. The summed E-state index contributed by atoms with van der Waals surface area (Å²) in [6.07, 6.45) is 5.08. The van der Waals surface area contributed by atoms with E-state index in [0.29, 0.717) is 6.04 Å². The first kappa shape index (κ1) is 14.3. The molecule has 1 aliphatic rings. The summed E-state index contributed by atoms with van der Waals surface area (Å²) < 4.78 is 0. The lowest BCUT2D eigenvalue weighted by Gasteiger charge is -2.34. The van der Waals surface area contributed by atoms with Crippen LogP contribution < -0.4 is 4.90 Å². The molecule has 0 saturated heterocycles. The smallest absolute Gasteiger partial charge is 0.129 e. The minimum Gasteiger partial charge on any atom is -0.392 e. The standard InChI is InChI=1S/C18H24N2O/c1-13-7-9-15(10-8-13)20(2)18-11-14(12-21)16-5-3-4-6-17(16)19-18/h3-6,11,13,15,21H,7-10,12H2,1-2H3. The van der Waals surface area contributed by atoms with Crippen molar-refractivity contribution < 1.29 is 5.11 Å². The number of anilines is 1. The molecule has 2 aromatic rings. The van der Waals surface area contributed by atoms with Gasteiger partial charge in [-0.05, 0) is 49.3 Å². The van der Waals surface area contributed by atoms with Crippen LogP contribution in [0.1, 0.15) is 38.2 Å². The van der Waals surface area contributed by atoms with E-state index < -0.39 is 0 Å². The summed E-state index contributed by atoms with van der Waals surface area (Å²) in [4.78, 5) is 7.10. The average Bonchev–Trinajstić information content (AvgIpc) is 2.53. The van der Waals surface area contributed by atoms with Gasteiger partial charge in [0.15, 0.2) is 0 Å². The molecule has 3 nitrogen and oxygen atoms in total. The lowest BCUT2D eigenvalue weighted by atomic mass is 9.87. The van der Waals surface area contributed by atoms with Crippen molar-refractivity contribution in [2.75, 3.05) is 11.9 Å². The van der Waals surface area contributed by atoms with Crippen molar-refractivity contribution >= 4 is 16.7 Å². The number of rotatable bonds is 3. The van der Waals surface area contributed by atoms with E-state index in [9.17, 15) is 5.11 Å². The Bertz CT molecular complexity index is 618. The van der Waals surface area contributed by atoms with Gasteiger partial charge in [-0.3, -0.25) is 0 Å². The van der Waals surface area contributed by atoms with E-state index in [1.54, 1.807) is 0 Å². The number of hydrogen-bond acceptors (Lipinski definition) is 3. The van der Waals surface area contributed by atoms with Crippen LogP contribution in [0.25, 0.3) is 10.9 Å². The molecule has 0 radical (unpaired) electrons. The molecule has 1 aliphatic carbocycles. The Labute approximate surface area is 126 Å². The Morgan fingerprint density at radius 3 is 2.62 bits per heavy atom. The lowest BCUT2D eigenvalue weighted by Crippen LogP contribution is -2.35. The molecule has 3 rings (SSSR count). The first-order valence-electron chi connectivity index (χ1n) is 7.91. The molecule has 1 aromatic carbocycles. The zero-order chi connectivity index (χ0) is 14.8. The van der Waals surface area contributed by atoms with Crippen molar-refractivity contribution in [1.29, 1.82) is 0 Å². The zero-order valence-corrected chi connectivity index (χ0v) is 12.9. The van der Waals surface area contributed by atoms with Crippen LogP contribution in [0, 0.1) is 5.92 Å². The zero-order valence-electron chi connectivity index (χ0n) is 12.9. The molecule has 0 aliphatic heterocycles. The van der Waals surface area contributed by atoms with E-state index >= 15 is 0 Å². The Hall–Kier alpha value is -1.61. The number of pyridine rings is 1. The fourth-order valence-electron chi connectivity index (χ4n) is 3.36. The topological polar surface area (TPSA) is 36.4 Å². The molecule has 0 unspecified atom stereocenters. The summed E-state index contributed by atoms with van der Waals surface area (Å²) in [5.41, 5.74) is 1.93. The van der Waals surface area contributed by atoms with Gasteiger partial charge in [0.1, 0.15) is 5.82 Å². The third-order valence-electron chi connectivity index (χ3n) is 4.85. The summed E-state index contributed by atoms with van der Waals surface area (Å²) >= 11 is 0. The van der Waals surface area contributed by atoms with E-state index in [-0.39, 0.29) is 6.61 Å². The molecule has 21 heavy (non-hydrogen) atoms. The Morgan fingerprint density at radius 1 is 1.19 bits per heavy atom. The van der Waals surface area contributed by atoms with Gasteiger partial charge in [-0.1, -0.05) is 25.1 Å². The van der Waals surface area contributed by atoms with Gasteiger partial charge < -0.3 is 10.0 Å². The molecule has 112 valence electrons. The van der Waals surface area contributed by atoms with E-state index in [0.717, 1.165) is 28.2 Å². The molecular weight excluding hydrogens is 260 g/mol. The Kier molecular flexibility index (Phi) is 4.11. The largest absolute Gasteiger partial charge is 0.392 e. The highest BCUT2D eigenvalue weighted by molar-refractivity contribution is 5.84. The van der Waals surface area contributed by atoms with E-state index in [2.05, 4.69) is 18.9 Å². The van der Waals surface area contributed by atoms with Crippen molar-refractivity contribution in [3.05, 3.63) is 35.9 Å². The van der Waals surface area contributed by atoms with Crippen LogP contribution >= 0.6 is 0 Å². The van der Waals surface area contributed by atoms with Crippen molar-refractivity contribution in [1.82, 2.24) is 4.98 Å². The quantitative estimate of drug-likeness (QED) is 0.932. The van der Waals surface area contributed by atoms with E-state index in [4.69, 9.17) is 4.98 Å². The SMILES string of the molecule is CC1CCC(N(C)c2cc(CO)c3ccccc3n2)CC1. The van der Waals surface area contributed by atoms with Gasteiger partial charge in [-0.25, -0.2) is 4.98 Å². The minimum absolute atomic E-state index is 0.0611. The van der Waals surface area contributed by atoms with E-state index in [1.165, 1.54) is 25.7 Å². The first-order valence-corrected chi connectivity index (χ1v) is 7.91. The maximum atomic E-state index is 9.64. The third kappa shape index (κ3) is 2.88. The second kappa shape index (κ2) is 6.02. The second-order valence-corrected chi connectivity index (χ2v) is 6.34. The predicted octanol–water partition coefficient (Wildman–Crippen LogP) is 3.74. The number of fused-ring (bicyclic) bond motifs is 1. The molecule has 1 N–H and O–H groups in total. The van der Waals surface area contributed by atoms with Gasteiger partial charge in [0, 0.05) is 18.5 Å². The van der Waals surface area contributed by atoms with Gasteiger partial charge in [-0.15, -0.1) is 0 Å². The lowest BCUT2D eigenvalue weighted by molar-refractivity contribution is 0.283. The predicted molar refractivity (Wildman–Crippen MR) is 87.5 cm³/mol. The molecular formula is C18H24N2O. The average molecular weight is 284 g/mol. The van der Waals surface area contributed by atoms with Gasteiger partial charge >= 0.3 is 0 Å². The van der Waals surface area contributed by atoms with Gasteiger partial charge in [0.05, 0.1) is 12.1 Å². The fraction of sp³-hybridized carbons (Fsp3) is 0.500. The van der Waals surface area contributed by atoms with Crippen molar-refractivity contribution in [2.24, 2.45) is 5.92 Å². The highest BCUT2D eigenvalue weighted by Crippen LogP contribution is 2.30. The molecule has 1 aromatic heterocycles. The second-order valence-electron chi connectivity index (χ2n) is 6.34. The Balaban J connectivity index is 1.92. The van der Waals surface area contributed by atoms with E-state index in [1.807, 2.05) is 30.3 Å². The van der Waals surface area contributed by atoms with Crippen LogP contribution in [-0.2, 0) is 6.61 Å². The number of benzene rings is 1. The highest BCUT2D eigenvalue weighted by atomic mass is 16.3. The third-order valence-corrected chi connectivity index (χ3v) is 4.85. The van der Waals surface area contributed by atoms with Crippen molar-refractivity contribution in [3.63, 3.8) is 0 Å². The van der Waals surface area contributed by atoms with Crippen LogP contribution in [0.5, 0.6) is 0 Å². The van der Waals surface area contributed by atoms with Gasteiger partial charge in [0.25, 0.3) is 0 Å². The summed E-state index contributed by atoms with van der Waals surface area (Å²) in [5, 5.41) is 10.7. The summed E-state index contributed by atoms with van der Waals surface area (Å²) in [7, 11) is 2.14. The van der Waals surface area contributed by atoms with Crippen LogP contribution in [0.2, 0.25) is 0 Å². The number of para-hydroxylation sites is 1. The van der Waals surface area contributed by atoms with Crippen LogP contribution in [0.3, 0.4) is 0 Å². The molecule has 0 spiro atoms. The molecule has 1 saturated carbocycles. The molecule has 1 heterocycles. The monoisotopic (exact) mass is 284 g/mol. The molecule has 0 atom stereocenters. The summed E-state index contributed by atoms with van der Waals surface area (Å²) in [6.45, 7) is 2.40. The fourth-order valence-corrected chi connectivity index (χ4v) is 3.36. The molecule has 0 bridgehead atoms. The summed E-state index contributed by atoms with van der Waals surface area (Å²) in [6, 6.07) is 10.7. The normalized spacial score (nSPS) is 22.4. The minimum atomic E-state index is 0.0611. The van der Waals surface area contributed by atoms with Crippen LogP contribution in [0.15, 0.2) is 30.3 Å². The number of hydrogen-bond donors (Lipinski definition) is 1. The number of aliphatic hydroxyl groups excluding tert-OH is 1. The molecule has 3 heteroatoms. The number of aliphatic hydroxyl groups is 1. The number of aromatic nitrogens is 1. The van der Waals surface area contributed by atoms with Gasteiger partial charge in [0.2, 0.25) is 0 Å². The molecule has 1 fully saturated rings. The van der Waals surface area contributed by atoms with Crippen LogP contribution in [0.4, 0.5) is 5.82 Å². The maximum Gasteiger partial charge on any atom is 0.129 e. The maximum absolute atomic E-state index is 9.64. The van der Waals surface area contributed by atoms with Crippen LogP contribution in [-0.4, -0.2) is 23.2 Å². The van der Waals surface area contributed by atoms with Crippen molar-refractivity contribution in [3.8, 4) is 0 Å². The summed E-state index contributed by atoms with van der Waals surface area (Å²) in [5.74, 6) is 1.84.